The highest BCUT2D eigenvalue weighted by Crippen LogP contribution is 2.18. The van der Waals surface area contributed by atoms with Gasteiger partial charge in [-0.2, -0.15) is 0 Å². The number of hydrogen-bond acceptors (Lipinski definition) is 5. The Bertz CT molecular complexity index is 148. The molecule has 1 unspecified atom stereocenters. The normalized spacial score (nSPS) is 14.3. The summed E-state index contributed by atoms with van der Waals surface area (Å²) in [6.07, 6.45) is 0. The van der Waals surface area contributed by atoms with Gasteiger partial charge in [0.05, 0.1) is 25.2 Å². The van der Waals surface area contributed by atoms with Gasteiger partial charge in [0, 0.05) is 0 Å². The van der Waals surface area contributed by atoms with Crippen LogP contribution in [0.1, 0.15) is 0 Å². The first-order valence-electron chi connectivity index (χ1n) is 3.35. The van der Waals surface area contributed by atoms with E-state index in [0.29, 0.717) is 0 Å². The third kappa shape index (κ3) is 1.92. The number of aliphatic carboxylic acids is 1. The van der Waals surface area contributed by atoms with Crippen LogP contribution in [0.4, 0.5) is 0 Å². The average molecular weight is 179 g/mol. The molecule has 0 aliphatic carbocycles. The lowest BCUT2D eigenvalue weighted by Gasteiger charge is -2.30. The number of aliphatic hydroxyl groups is 3. The fraction of sp³-hybridized carbons (Fsp3) is 0.833. The maximum Gasteiger partial charge on any atom is 0.321 e. The van der Waals surface area contributed by atoms with Crippen molar-refractivity contribution in [1.29, 1.82) is 0 Å². The van der Waals surface area contributed by atoms with E-state index in [1.54, 1.807) is 0 Å². The summed E-state index contributed by atoms with van der Waals surface area (Å²) in [6.45, 7) is -2.02. The molecule has 0 radical (unpaired) electrons. The number of aliphatic hydroxyl groups excluding tert-OH is 3. The standard InChI is InChI=1S/C6H13NO5/c7-4(5(11)12)6(1-8,2-9)3-10/h4,8-10H,1-3,7H2,(H,11,12). The van der Waals surface area contributed by atoms with Crippen molar-refractivity contribution in [2.24, 2.45) is 11.1 Å². The van der Waals surface area contributed by atoms with Crippen molar-refractivity contribution in [1.82, 2.24) is 0 Å². The molecule has 0 aromatic carbocycles. The van der Waals surface area contributed by atoms with E-state index >= 15 is 0 Å². The average Bonchev–Trinajstić information content (AvgIpc) is 2.08. The van der Waals surface area contributed by atoms with Crippen LogP contribution in [0.25, 0.3) is 0 Å². The number of rotatable bonds is 5. The third-order valence-corrected chi connectivity index (χ3v) is 1.87. The van der Waals surface area contributed by atoms with E-state index in [2.05, 4.69) is 0 Å². The topological polar surface area (TPSA) is 124 Å². The van der Waals surface area contributed by atoms with Gasteiger partial charge in [0.15, 0.2) is 0 Å². The minimum atomic E-state index is -1.55. The van der Waals surface area contributed by atoms with Crippen LogP contribution in [-0.4, -0.2) is 52.3 Å². The molecule has 0 heterocycles. The van der Waals surface area contributed by atoms with Crippen molar-refractivity contribution in [2.75, 3.05) is 19.8 Å². The van der Waals surface area contributed by atoms with E-state index in [4.69, 9.17) is 26.2 Å². The summed E-state index contributed by atoms with van der Waals surface area (Å²) in [6, 6.07) is -1.47. The van der Waals surface area contributed by atoms with Crippen LogP contribution in [0.5, 0.6) is 0 Å². The van der Waals surface area contributed by atoms with E-state index < -0.39 is 37.2 Å². The largest absolute Gasteiger partial charge is 0.480 e. The first kappa shape index (κ1) is 11.3. The molecule has 6 N–H and O–H groups in total. The molecule has 0 bridgehead atoms. The fourth-order valence-corrected chi connectivity index (χ4v) is 0.707. The highest BCUT2D eigenvalue weighted by atomic mass is 16.4. The van der Waals surface area contributed by atoms with Gasteiger partial charge in [-0.05, 0) is 0 Å². The lowest BCUT2D eigenvalue weighted by molar-refractivity contribution is -0.146. The third-order valence-electron chi connectivity index (χ3n) is 1.87. The molecule has 0 saturated heterocycles. The second-order valence-corrected chi connectivity index (χ2v) is 2.65. The van der Waals surface area contributed by atoms with Gasteiger partial charge in [-0.25, -0.2) is 0 Å². The Hall–Kier alpha value is -0.690. The smallest absolute Gasteiger partial charge is 0.321 e. The lowest BCUT2D eigenvalue weighted by Crippen LogP contribution is -2.54. The summed E-state index contributed by atoms with van der Waals surface area (Å²) in [5.41, 5.74) is 3.60. The van der Waals surface area contributed by atoms with E-state index in [1.165, 1.54) is 0 Å². The number of hydrogen-bond donors (Lipinski definition) is 5. The van der Waals surface area contributed by atoms with Gasteiger partial charge in [0.25, 0.3) is 0 Å². The predicted octanol–water partition coefficient (Wildman–Crippen LogP) is -2.64. The quantitative estimate of drug-likeness (QED) is 0.314. The predicted molar refractivity (Wildman–Crippen MR) is 39.3 cm³/mol. The number of carboxylic acids is 1. The highest BCUT2D eigenvalue weighted by molar-refractivity contribution is 5.74. The molecular weight excluding hydrogens is 166 g/mol. The van der Waals surface area contributed by atoms with E-state index in [1.807, 2.05) is 0 Å². The van der Waals surface area contributed by atoms with Crippen molar-refractivity contribution in [3.63, 3.8) is 0 Å². The Labute approximate surface area is 69.2 Å². The Morgan fingerprint density at radius 1 is 1.25 bits per heavy atom. The van der Waals surface area contributed by atoms with Gasteiger partial charge in [0.2, 0.25) is 0 Å². The molecule has 0 rings (SSSR count). The number of carboxylic acid groups (broad SMARTS) is 1. The van der Waals surface area contributed by atoms with Crippen LogP contribution < -0.4 is 5.73 Å². The van der Waals surface area contributed by atoms with E-state index in [0.717, 1.165) is 0 Å². The minimum absolute atomic E-state index is 0.673. The van der Waals surface area contributed by atoms with Crippen molar-refractivity contribution >= 4 is 5.97 Å². The molecule has 0 aromatic heterocycles. The summed E-state index contributed by atoms with van der Waals surface area (Å²) in [7, 11) is 0. The van der Waals surface area contributed by atoms with E-state index in [-0.39, 0.29) is 0 Å². The second-order valence-electron chi connectivity index (χ2n) is 2.65. The zero-order chi connectivity index (χ0) is 9.78. The number of carbonyl (C=O) groups is 1. The molecular formula is C6H13NO5. The van der Waals surface area contributed by atoms with Gasteiger partial charge < -0.3 is 26.2 Å². The summed E-state index contributed by atoms with van der Waals surface area (Å²) in [4.78, 5) is 10.4. The summed E-state index contributed by atoms with van der Waals surface area (Å²) < 4.78 is 0. The molecule has 0 fully saturated rings. The summed E-state index contributed by atoms with van der Waals surface area (Å²) in [5, 5.41) is 34.7. The zero-order valence-electron chi connectivity index (χ0n) is 6.47. The molecule has 6 heteroatoms. The fourth-order valence-electron chi connectivity index (χ4n) is 0.707. The monoisotopic (exact) mass is 179 g/mol. The van der Waals surface area contributed by atoms with Crippen LogP contribution >= 0.6 is 0 Å². The molecule has 0 amide bonds. The minimum Gasteiger partial charge on any atom is -0.480 e. The van der Waals surface area contributed by atoms with Crippen molar-refractivity contribution in [3.05, 3.63) is 0 Å². The van der Waals surface area contributed by atoms with Crippen LogP contribution in [0, 0.1) is 5.41 Å². The van der Waals surface area contributed by atoms with Gasteiger partial charge in [0.1, 0.15) is 6.04 Å². The molecule has 0 aliphatic heterocycles. The Balaban J connectivity index is 4.58. The van der Waals surface area contributed by atoms with E-state index in [9.17, 15) is 4.79 Å². The molecule has 0 aliphatic rings. The molecule has 6 nitrogen and oxygen atoms in total. The zero-order valence-corrected chi connectivity index (χ0v) is 6.47. The van der Waals surface area contributed by atoms with Crippen LogP contribution in [0.15, 0.2) is 0 Å². The molecule has 0 saturated carbocycles. The maximum atomic E-state index is 10.4. The molecule has 12 heavy (non-hydrogen) atoms. The molecule has 72 valence electrons. The first-order valence-corrected chi connectivity index (χ1v) is 3.35. The van der Waals surface area contributed by atoms with Gasteiger partial charge >= 0.3 is 5.97 Å². The van der Waals surface area contributed by atoms with Crippen LogP contribution in [-0.2, 0) is 4.79 Å². The van der Waals surface area contributed by atoms with Crippen molar-refractivity contribution in [2.45, 2.75) is 6.04 Å². The lowest BCUT2D eigenvalue weighted by atomic mass is 9.83. The van der Waals surface area contributed by atoms with Gasteiger partial charge in [-0.3, -0.25) is 4.79 Å². The molecule has 1 atom stereocenters. The Morgan fingerprint density at radius 3 is 1.67 bits per heavy atom. The van der Waals surface area contributed by atoms with Gasteiger partial charge in [-0.15, -0.1) is 0 Å². The highest BCUT2D eigenvalue weighted by Gasteiger charge is 2.39. The van der Waals surface area contributed by atoms with Crippen LogP contribution in [0.2, 0.25) is 0 Å². The van der Waals surface area contributed by atoms with Crippen molar-refractivity contribution in [3.8, 4) is 0 Å². The Morgan fingerprint density at radius 2 is 1.58 bits per heavy atom. The summed E-state index contributed by atoms with van der Waals surface area (Å²) in [5.74, 6) is -1.37. The Kier molecular flexibility index (Phi) is 4.11. The van der Waals surface area contributed by atoms with Crippen molar-refractivity contribution < 1.29 is 25.2 Å². The molecule has 0 aromatic rings. The molecule has 0 spiro atoms. The second kappa shape index (κ2) is 4.36. The maximum absolute atomic E-state index is 10.4. The first-order chi connectivity index (χ1) is 5.54. The van der Waals surface area contributed by atoms with Crippen LogP contribution in [0.3, 0.4) is 0 Å². The number of nitrogens with two attached hydrogens (primary N) is 1. The SMILES string of the molecule is NC(C(=O)O)C(CO)(CO)CO. The van der Waals surface area contributed by atoms with Gasteiger partial charge in [-0.1, -0.05) is 0 Å². The summed E-state index contributed by atoms with van der Waals surface area (Å²) >= 11 is 0.